The minimum Gasteiger partial charge on any atom is -0.496 e. The first kappa shape index (κ1) is 19.5. The lowest BCUT2D eigenvalue weighted by atomic mass is 10.1. The molecule has 0 radical (unpaired) electrons. The molecule has 0 saturated carbocycles. The molecule has 0 unspecified atom stereocenters. The summed E-state index contributed by atoms with van der Waals surface area (Å²) in [5.41, 5.74) is 2.40. The van der Waals surface area contributed by atoms with Crippen LogP contribution < -0.4 is 15.4 Å². The lowest BCUT2D eigenvalue weighted by Crippen LogP contribution is -2.39. The van der Waals surface area contributed by atoms with Gasteiger partial charge >= 0.3 is 0 Å². The average Bonchev–Trinajstić information content (AvgIpc) is 2.62. The Kier molecular flexibility index (Phi) is 6.74. The molecule has 26 heavy (non-hydrogen) atoms. The highest BCUT2D eigenvalue weighted by atomic mass is 16.5. The number of carbonyl (C=O) groups is 2. The van der Waals surface area contributed by atoms with Crippen LogP contribution >= 0.6 is 0 Å². The molecule has 2 rings (SSSR count). The van der Waals surface area contributed by atoms with Crippen LogP contribution in [0.25, 0.3) is 0 Å². The van der Waals surface area contributed by atoms with Crippen molar-refractivity contribution in [2.24, 2.45) is 0 Å². The first-order valence-electron chi connectivity index (χ1n) is 8.41. The quantitative estimate of drug-likeness (QED) is 0.801. The van der Waals surface area contributed by atoms with E-state index in [1.807, 2.05) is 43.1 Å². The minimum atomic E-state index is -0.324. The van der Waals surface area contributed by atoms with E-state index in [9.17, 15) is 9.59 Å². The van der Waals surface area contributed by atoms with Crippen LogP contribution in [0, 0.1) is 0 Å². The molecule has 0 fully saturated rings. The van der Waals surface area contributed by atoms with Gasteiger partial charge in [-0.1, -0.05) is 18.2 Å². The minimum absolute atomic E-state index is 0.102. The van der Waals surface area contributed by atoms with Crippen LogP contribution in [0.2, 0.25) is 0 Å². The monoisotopic (exact) mass is 355 g/mol. The Balaban J connectivity index is 1.96. The predicted octanol–water partition coefficient (Wildman–Crippen LogP) is 3.11. The second kappa shape index (κ2) is 9.01. The summed E-state index contributed by atoms with van der Waals surface area (Å²) in [6, 6.07) is 14.5. The van der Waals surface area contributed by atoms with Crippen LogP contribution in [0.5, 0.6) is 5.75 Å². The molecule has 2 N–H and O–H groups in total. The Bertz CT molecular complexity index is 759. The van der Waals surface area contributed by atoms with Crippen LogP contribution in [0.1, 0.15) is 19.4 Å². The van der Waals surface area contributed by atoms with E-state index in [1.165, 1.54) is 6.92 Å². The number of hydrogen-bond acceptors (Lipinski definition) is 4. The van der Waals surface area contributed by atoms with Gasteiger partial charge in [-0.25, -0.2) is 0 Å². The average molecular weight is 355 g/mol. The maximum Gasteiger partial charge on any atom is 0.241 e. The van der Waals surface area contributed by atoms with Crippen LogP contribution in [0.3, 0.4) is 0 Å². The predicted molar refractivity (Wildman–Crippen MR) is 103 cm³/mol. The van der Waals surface area contributed by atoms with Gasteiger partial charge in [0.15, 0.2) is 0 Å². The molecule has 0 heterocycles. The van der Waals surface area contributed by atoms with Gasteiger partial charge in [0.25, 0.3) is 0 Å². The van der Waals surface area contributed by atoms with Gasteiger partial charge in [-0.2, -0.15) is 0 Å². The standard InChI is InChI=1S/C20H25N3O3/c1-14(23(3)13-16-7-5-6-8-19(16)26-4)20(25)22-18-11-9-17(10-12-18)21-15(2)24/h5-12,14H,13H2,1-4H3,(H,21,24)(H,22,25)/t14-/m1/s1. The summed E-state index contributed by atoms with van der Waals surface area (Å²) in [6.45, 7) is 3.91. The van der Waals surface area contributed by atoms with Crippen molar-refractivity contribution in [1.82, 2.24) is 4.90 Å². The summed E-state index contributed by atoms with van der Waals surface area (Å²) < 4.78 is 5.36. The second-order valence-corrected chi connectivity index (χ2v) is 6.15. The highest BCUT2D eigenvalue weighted by molar-refractivity contribution is 5.95. The van der Waals surface area contributed by atoms with E-state index in [2.05, 4.69) is 10.6 Å². The summed E-state index contributed by atoms with van der Waals surface area (Å²) in [7, 11) is 3.54. The second-order valence-electron chi connectivity index (χ2n) is 6.15. The number of likely N-dealkylation sites (N-methyl/N-ethyl adjacent to an activating group) is 1. The van der Waals surface area contributed by atoms with Crippen molar-refractivity contribution in [2.75, 3.05) is 24.8 Å². The number of benzene rings is 2. The lowest BCUT2D eigenvalue weighted by Gasteiger charge is -2.24. The van der Waals surface area contributed by atoms with E-state index in [4.69, 9.17) is 4.74 Å². The smallest absolute Gasteiger partial charge is 0.241 e. The molecular weight excluding hydrogens is 330 g/mol. The first-order chi connectivity index (χ1) is 12.4. The molecular formula is C20H25N3O3. The zero-order valence-corrected chi connectivity index (χ0v) is 15.6. The van der Waals surface area contributed by atoms with Gasteiger partial charge < -0.3 is 15.4 Å². The van der Waals surface area contributed by atoms with E-state index in [0.717, 1.165) is 11.3 Å². The Morgan fingerprint density at radius 3 is 2.19 bits per heavy atom. The fourth-order valence-corrected chi connectivity index (χ4v) is 2.53. The van der Waals surface area contributed by atoms with E-state index >= 15 is 0 Å². The molecule has 0 saturated heterocycles. The number of methoxy groups -OCH3 is 1. The fraction of sp³-hybridized carbons (Fsp3) is 0.300. The number of para-hydroxylation sites is 1. The van der Waals surface area contributed by atoms with Gasteiger partial charge in [-0.05, 0) is 44.3 Å². The van der Waals surface area contributed by atoms with Crippen molar-refractivity contribution in [1.29, 1.82) is 0 Å². The molecule has 0 aliphatic carbocycles. The molecule has 0 aromatic heterocycles. The molecule has 1 atom stereocenters. The molecule has 138 valence electrons. The van der Waals surface area contributed by atoms with Crippen molar-refractivity contribution < 1.29 is 14.3 Å². The van der Waals surface area contributed by atoms with Crippen molar-refractivity contribution in [3.8, 4) is 5.75 Å². The van der Waals surface area contributed by atoms with Gasteiger partial charge in [0, 0.05) is 30.4 Å². The van der Waals surface area contributed by atoms with Gasteiger partial charge in [0.05, 0.1) is 13.2 Å². The van der Waals surface area contributed by atoms with Gasteiger partial charge in [0.2, 0.25) is 11.8 Å². The maximum atomic E-state index is 12.5. The largest absolute Gasteiger partial charge is 0.496 e. The van der Waals surface area contributed by atoms with Crippen molar-refractivity contribution >= 4 is 23.2 Å². The SMILES string of the molecule is COc1ccccc1CN(C)[C@H](C)C(=O)Nc1ccc(NC(C)=O)cc1. The summed E-state index contributed by atoms with van der Waals surface area (Å²) in [4.78, 5) is 25.5. The lowest BCUT2D eigenvalue weighted by molar-refractivity contribution is -0.120. The van der Waals surface area contributed by atoms with Gasteiger partial charge in [-0.3, -0.25) is 14.5 Å². The van der Waals surface area contributed by atoms with E-state index in [-0.39, 0.29) is 17.9 Å². The number of hydrogen-bond donors (Lipinski definition) is 2. The maximum absolute atomic E-state index is 12.5. The number of nitrogens with zero attached hydrogens (tertiary/aromatic N) is 1. The Labute approximate surface area is 154 Å². The molecule has 0 bridgehead atoms. The highest BCUT2D eigenvalue weighted by Gasteiger charge is 2.19. The summed E-state index contributed by atoms with van der Waals surface area (Å²) >= 11 is 0. The summed E-state index contributed by atoms with van der Waals surface area (Å²) in [6.07, 6.45) is 0. The van der Waals surface area contributed by atoms with Crippen LogP contribution in [-0.2, 0) is 16.1 Å². The first-order valence-corrected chi connectivity index (χ1v) is 8.41. The van der Waals surface area contributed by atoms with E-state index in [1.54, 1.807) is 31.4 Å². The van der Waals surface area contributed by atoms with Crippen LogP contribution in [0.15, 0.2) is 48.5 Å². The number of ether oxygens (including phenoxy) is 1. The molecule has 0 aliphatic rings. The Morgan fingerprint density at radius 1 is 1.04 bits per heavy atom. The van der Waals surface area contributed by atoms with Gasteiger partial charge in [0.1, 0.15) is 5.75 Å². The van der Waals surface area contributed by atoms with Gasteiger partial charge in [-0.15, -0.1) is 0 Å². The summed E-state index contributed by atoms with van der Waals surface area (Å²) in [5, 5.41) is 5.59. The third-order valence-corrected chi connectivity index (χ3v) is 4.13. The zero-order chi connectivity index (χ0) is 19.1. The third kappa shape index (κ3) is 5.32. The van der Waals surface area contributed by atoms with Crippen molar-refractivity contribution in [3.05, 3.63) is 54.1 Å². The number of nitrogens with one attached hydrogen (secondary N) is 2. The number of carbonyl (C=O) groups excluding carboxylic acids is 2. The Hall–Kier alpha value is -2.86. The van der Waals surface area contributed by atoms with Crippen molar-refractivity contribution in [3.63, 3.8) is 0 Å². The van der Waals surface area contributed by atoms with E-state index in [0.29, 0.717) is 17.9 Å². The molecule has 2 amide bonds. The van der Waals surface area contributed by atoms with E-state index < -0.39 is 0 Å². The third-order valence-electron chi connectivity index (χ3n) is 4.13. The normalized spacial score (nSPS) is 11.7. The Morgan fingerprint density at radius 2 is 1.62 bits per heavy atom. The van der Waals surface area contributed by atoms with Crippen molar-refractivity contribution in [2.45, 2.75) is 26.4 Å². The fourth-order valence-electron chi connectivity index (χ4n) is 2.53. The molecule has 6 nitrogen and oxygen atoms in total. The van der Waals surface area contributed by atoms with Crippen LogP contribution in [-0.4, -0.2) is 36.9 Å². The molecule has 2 aromatic rings. The molecule has 2 aromatic carbocycles. The van der Waals surface area contributed by atoms with Crippen LogP contribution in [0.4, 0.5) is 11.4 Å². The zero-order valence-electron chi connectivity index (χ0n) is 15.6. The molecule has 0 spiro atoms. The molecule has 6 heteroatoms. The topological polar surface area (TPSA) is 70.7 Å². The number of amides is 2. The molecule has 0 aliphatic heterocycles. The highest BCUT2D eigenvalue weighted by Crippen LogP contribution is 2.20. The number of anilines is 2. The number of rotatable bonds is 7. The summed E-state index contributed by atoms with van der Waals surface area (Å²) in [5.74, 6) is 0.573.